The summed E-state index contributed by atoms with van der Waals surface area (Å²) in [5.74, 6) is 0. The number of alkyl halides is 3. The summed E-state index contributed by atoms with van der Waals surface area (Å²) < 4.78 is 37.9. The van der Waals surface area contributed by atoms with Crippen LogP contribution in [0.1, 0.15) is 16.7 Å². The van der Waals surface area contributed by atoms with Crippen molar-refractivity contribution in [1.82, 2.24) is 0 Å². The largest absolute Gasteiger partial charge is 0.416 e. The first kappa shape index (κ1) is 14.8. The Balaban J connectivity index is 2.47. The van der Waals surface area contributed by atoms with Crippen LogP contribution in [0.25, 0.3) is 11.8 Å². The molecule has 0 spiro atoms. The molecule has 2 rings (SSSR count). The van der Waals surface area contributed by atoms with Gasteiger partial charge in [0.2, 0.25) is 0 Å². The van der Waals surface area contributed by atoms with Gasteiger partial charge in [0.15, 0.2) is 0 Å². The Morgan fingerprint density at radius 1 is 1.05 bits per heavy atom. The zero-order chi connectivity index (χ0) is 15.5. The average Bonchev–Trinajstić information content (AvgIpc) is 2.45. The highest BCUT2D eigenvalue weighted by atomic mass is 19.4. The predicted octanol–water partition coefficient (Wildman–Crippen LogP) is 4.48. The highest BCUT2D eigenvalue weighted by Crippen LogP contribution is 2.30. The number of rotatable bonds is 3. The normalized spacial score (nSPS) is 12.2. The van der Waals surface area contributed by atoms with Crippen LogP contribution in [0.4, 0.5) is 13.2 Å². The first-order valence-electron chi connectivity index (χ1n) is 5.97. The molecule has 0 N–H and O–H groups in total. The lowest BCUT2D eigenvalue weighted by atomic mass is 10.1. The lowest BCUT2D eigenvalue weighted by molar-refractivity contribution is -0.374. The molecule has 0 fully saturated rings. The standard InChI is InChI=1S/C15H10F3NO2/c16-15(17,18)13-8-4-5-11(9-13)10-14(19(20)21)12-6-2-1-3-7-12/h1-10H. The fourth-order valence-corrected chi connectivity index (χ4v) is 1.81. The second kappa shape index (κ2) is 5.78. The molecule has 0 bridgehead atoms. The minimum absolute atomic E-state index is 0.125. The smallest absolute Gasteiger partial charge is 0.258 e. The van der Waals surface area contributed by atoms with E-state index in [9.17, 15) is 23.3 Å². The van der Waals surface area contributed by atoms with E-state index in [1.165, 1.54) is 24.3 Å². The first-order chi connectivity index (χ1) is 9.88. The monoisotopic (exact) mass is 293 g/mol. The summed E-state index contributed by atoms with van der Waals surface area (Å²) in [5.41, 5.74) is -0.637. The van der Waals surface area contributed by atoms with Gasteiger partial charge in [-0.05, 0) is 29.8 Å². The van der Waals surface area contributed by atoms with Crippen LogP contribution < -0.4 is 0 Å². The number of halogens is 3. The minimum atomic E-state index is -4.48. The van der Waals surface area contributed by atoms with Crippen LogP contribution >= 0.6 is 0 Å². The molecule has 0 aromatic heterocycles. The fourth-order valence-electron chi connectivity index (χ4n) is 1.81. The van der Waals surface area contributed by atoms with Gasteiger partial charge in [0, 0.05) is 6.08 Å². The third-order valence-electron chi connectivity index (χ3n) is 2.78. The van der Waals surface area contributed by atoms with Crippen molar-refractivity contribution in [1.29, 1.82) is 0 Å². The van der Waals surface area contributed by atoms with Crippen LogP contribution in [0.5, 0.6) is 0 Å². The van der Waals surface area contributed by atoms with Gasteiger partial charge in [-0.25, -0.2) is 0 Å². The van der Waals surface area contributed by atoms with E-state index in [0.29, 0.717) is 5.56 Å². The van der Waals surface area contributed by atoms with E-state index in [1.54, 1.807) is 18.2 Å². The molecule has 0 aliphatic carbocycles. The lowest BCUT2D eigenvalue weighted by Gasteiger charge is -2.07. The van der Waals surface area contributed by atoms with Gasteiger partial charge in [0.1, 0.15) is 0 Å². The molecule has 3 nitrogen and oxygen atoms in total. The zero-order valence-corrected chi connectivity index (χ0v) is 10.7. The van der Waals surface area contributed by atoms with Gasteiger partial charge < -0.3 is 0 Å². The minimum Gasteiger partial charge on any atom is -0.258 e. The molecule has 0 atom stereocenters. The Labute approximate surface area is 118 Å². The molecule has 0 radical (unpaired) electrons. The van der Waals surface area contributed by atoms with Crippen LogP contribution in [0, 0.1) is 10.1 Å². The quantitative estimate of drug-likeness (QED) is 0.475. The molecule has 0 saturated carbocycles. The van der Waals surface area contributed by atoms with E-state index in [-0.39, 0.29) is 11.3 Å². The van der Waals surface area contributed by atoms with Gasteiger partial charge in [-0.2, -0.15) is 13.2 Å². The van der Waals surface area contributed by atoms with Gasteiger partial charge in [0.25, 0.3) is 5.70 Å². The Bertz CT molecular complexity index is 679. The van der Waals surface area contributed by atoms with Crippen molar-refractivity contribution in [2.75, 3.05) is 0 Å². The van der Waals surface area contributed by atoms with Crippen LogP contribution in [0.2, 0.25) is 0 Å². The molecule has 2 aromatic rings. The summed E-state index contributed by atoms with van der Waals surface area (Å²) in [4.78, 5) is 10.5. The third-order valence-corrected chi connectivity index (χ3v) is 2.78. The highest BCUT2D eigenvalue weighted by Gasteiger charge is 2.30. The summed E-state index contributed by atoms with van der Waals surface area (Å²) in [7, 11) is 0. The van der Waals surface area contributed by atoms with E-state index in [4.69, 9.17) is 0 Å². The van der Waals surface area contributed by atoms with E-state index in [0.717, 1.165) is 18.2 Å². The molecule has 0 aliphatic rings. The second-order valence-electron chi connectivity index (χ2n) is 4.28. The molecular weight excluding hydrogens is 283 g/mol. The van der Waals surface area contributed by atoms with Crippen LogP contribution in [-0.2, 0) is 6.18 Å². The molecular formula is C15H10F3NO2. The van der Waals surface area contributed by atoms with E-state index in [2.05, 4.69) is 0 Å². The van der Waals surface area contributed by atoms with Crippen LogP contribution in [0.3, 0.4) is 0 Å². The average molecular weight is 293 g/mol. The van der Waals surface area contributed by atoms with Gasteiger partial charge >= 0.3 is 6.18 Å². The molecule has 21 heavy (non-hydrogen) atoms. The number of nitrogens with zero attached hydrogens (tertiary/aromatic N) is 1. The molecule has 108 valence electrons. The predicted molar refractivity (Wildman–Crippen MR) is 72.8 cm³/mol. The summed E-state index contributed by atoms with van der Waals surface area (Å²) in [6.07, 6.45) is -3.35. The van der Waals surface area contributed by atoms with E-state index >= 15 is 0 Å². The van der Waals surface area contributed by atoms with E-state index in [1.807, 2.05) is 0 Å². The van der Waals surface area contributed by atoms with Gasteiger partial charge in [-0.15, -0.1) is 0 Å². The van der Waals surface area contributed by atoms with Crippen molar-refractivity contribution >= 4 is 11.8 Å². The number of hydrogen-bond donors (Lipinski definition) is 0. The van der Waals surface area contributed by atoms with Crippen molar-refractivity contribution in [2.24, 2.45) is 0 Å². The maximum Gasteiger partial charge on any atom is 0.416 e. The topological polar surface area (TPSA) is 43.1 Å². The number of hydrogen-bond acceptors (Lipinski definition) is 2. The van der Waals surface area contributed by atoms with Crippen molar-refractivity contribution in [3.8, 4) is 0 Å². The Hall–Kier alpha value is -2.63. The van der Waals surface area contributed by atoms with Crippen molar-refractivity contribution in [3.63, 3.8) is 0 Å². The molecule has 2 aromatic carbocycles. The molecule has 6 heteroatoms. The Morgan fingerprint density at radius 2 is 1.71 bits per heavy atom. The van der Waals surface area contributed by atoms with E-state index < -0.39 is 16.7 Å². The summed E-state index contributed by atoms with van der Waals surface area (Å²) >= 11 is 0. The molecule has 0 amide bonds. The van der Waals surface area contributed by atoms with Crippen molar-refractivity contribution in [3.05, 3.63) is 81.4 Å². The summed E-state index contributed by atoms with van der Waals surface area (Å²) in [6, 6.07) is 12.4. The SMILES string of the molecule is O=[N+]([O-])C(=Cc1cccc(C(F)(F)F)c1)c1ccccc1. The first-order valence-corrected chi connectivity index (χ1v) is 5.97. The van der Waals surface area contributed by atoms with Crippen LogP contribution in [-0.4, -0.2) is 4.92 Å². The van der Waals surface area contributed by atoms with Gasteiger partial charge in [0.05, 0.1) is 16.1 Å². The Kier molecular flexibility index (Phi) is 4.07. The van der Waals surface area contributed by atoms with Crippen molar-refractivity contribution in [2.45, 2.75) is 6.18 Å². The van der Waals surface area contributed by atoms with Gasteiger partial charge in [-0.3, -0.25) is 10.1 Å². The lowest BCUT2D eigenvalue weighted by Crippen LogP contribution is -2.04. The highest BCUT2D eigenvalue weighted by molar-refractivity contribution is 5.76. The maximum atomic E-state index is 12.6. The number of benzene rings is 2. The summed E-state index contributed by atoms with van der Waals surface area (Å²) in [5, 5.41) is 11.1. The maximum absolute atomic E-state index is 12.6. The molecule has 0 saturated heterocycles. The Morgan fingerprint density at radius 3 is 2.29 bits per heavy atom. The second-order valence-corrected chi connectivity index (χ2v) is 4.28. The molecule has 0 aliphatic heterocycles. The fraction of sp³-hybridized carbons (Fsp3) is 0.0667. The molecule has 0 unspecified atom stereocenters. The van der Waals surface area contributed by atoms with Crippen LogP contribution in [0.15, 0.2) is 54.6 Å². The van der Waals surface area contributed by atoms with Gasteiger partial charge in [-0.1, -0.05) is 30.3 Å². The summed E-state index contributed by atoms with van der Waals surface area (Å²) in [6.45, 7) is 0. The number of nitro groups is 1. The van der Waals surface area contributed by atoms with Crippen molar-refractivity contribution < 1.29 is 18.1 Å². The zero-order valence-electron chi connectivity index (χ0n) is 10.7. The molecule has 0 heterocycles. The third kappa shape index (κ3) is 3.68.